The number of hydrogen-bond donors (Lipinski definition) is 1. The summed E-state index contributed by atoms with van der Waals surface area (Å²) in [4.78, 5) is 0. The van der Waals surface area contributed by atoms with Crippen LogP contribution in [0.1, 0.15) is 52.9 Å². The lowest BCUT2D eigenvalue weighted by atomic mass is 9.59. The highest BCUT2D eigenvalue weighted by Gasteiger charge is 2.50. The van der Waals surface area contributed by atoms with E-state index in [1.54, 1.807) is 0 Å². The smallest absolute Gasteiger partial charge is 0.0258 e. The maximum absolute atomic E-state index is 3.81. The van der Waals surface area contributed by atoms with Crippen LogP contribution in [0, 0.1) is 11.3 Å². The van der Waals surface area contributed by atoms with Crippen molar-refractivity contribution in [3.05, 3.63) is 0 Å². The molecule has 1 nitrogen and oxygen atoms in total. The summed E-state index contributed by atoms with van der Waals surface area (Å²) in [6.07, 6.45) is 7.17. The normalized spacial score (nSPS) is 36.2. The van der Waals surface area contributed by atoms with E-state index in [1.165, 1.54) is 38.6 Å². The molecule has 1 unspecified atom stereocenters. The zero-order valence-electron chi connectivity index (χ0n) is 9.32. The monoisotopic (exact) mass is 181 g/mol. The fraction of sp³-hybridized carbons (Fsp3) is 1.00. The van der Waals surface area contributed by atoms with Gasteiger partial charge >= 0.3 is 0 Å². The molecule has 76 valence electrons. The van der Waals surface area contributed by atoms with Crippen LogP contribution in [0.25, 0.3) is 0 Å². The van der Waals surface area contributed by atoms with Crippen molar-refractivity contribution in [2.24, 2.45) is 11.3 Å². The Balaban J connectivity index is 2.19. The molecule has 1 heteroatoms. The molecule has 2 rings (SSSR count). The molecule has 1 saturated heterocycles. The number of rotatable bonds is 1. The molecule has 1 saturated carbocycles. The summed E-state index contributed by atoms with van der Waals surface area (Å²) in [6.45, 7) is 8.46. The summed E-state index contributed by atoms with van der Waals surface area (Å²) >= 11 is 0. The summed E-state index contributed by atoms with van der Waals surface area (Å²) < 4.78 is 0. The maximum Gasteiger partial charge on any atom is 0.0258 e. The Kier molecular flexibility index (Phi) is 2.18. The van der Waals surface area contributed by atoms with Crippen molar-refractivity contribution >= 4 is 0 Å². The van der Waals surface area contributed by atoms with Gasteiger partial charge in [-0.05, 0) is 43.6 Å². The third-order valence-electron chi connectivity index (χ3n) is 4.33. The van der Waals surface area contributed by atoms with Crippen LogP contribution in [0.2, 0.25) is 0 Å². The van der Waals surface area contributed by atoms with E-state index in [2.05, 4.69) is 26.1 Å². The van der Waals surface area contributed by atoms with Gasteiger partial charge in [0.1, 0.15) is 0 Å². The minimum Gasteiger partial charge on any atom is -0.310 e. The average molecular weight is 181 g/mol. The Morgan fingerprint density at radius 2 is 1.85 bits per heavy atom. The fourth-order valence-corrected chi connectivity index (χ4v) is 3.27. The molecule has 0 aromatic carbocycles. The first-order valence-corrected chi connectivity index (χ1v) is 5.81. The molecule has 1 atom stereocenters. The largest absolute Gasteiger partial charge is 0.310 e. The number of nitrogens with one attached hydrogen (secondary N) is 1. The van der Waals surface area contributed by atoms with E-state index < -0.39 is 0 Å². The lowest BCUT2D eigenvalue weighted by Crippen LogP contribution is -2.58. The third kappa shape index (κ3) is 1.32. The summed E-state index contributed by atoms with van der Waals surface area (Å²) in [5.41, 5.74) is 0.917. The first-order valence-electron chi connectivity index (χ1n) is 5.81. The highest BCUT2D eigenvalue weighted by Crippen LogP contribution is 2.49. The van der Waals surface area contributed by atoms with E-state index in [-0.39, 0.29) is 0 Å². The van der Waals surface area contributed by atoms with E-state index >= 15 is 0 Å². The van der Waals surface area contributed by atoms with Gasteiger partial charge in [-0.1, -0.05) is 27.2 Å². The Labute approximate surface area is 82.3 Å². The second kappa shape index (κ2) is 2.98. The van der Waals surface area contributed by atoms with Crippen molar-refractivity contribution in [1.29, 1.82) is 0 Å². The Hall–Kier alpha value is -0.0400. The molecule has 0 radical (unpaired) electrons. The molecule has 0 spiro atoms. The van der Waals surface area contributed by atoms with E-state index in [1.807, 2.05) is 0 Å². The lowest BCUT2D eigenvalue weighted by molar-refractivity contribution is 0.0407. The van der Waals surface area contributed by atoms with Crippen molar-refractivity contribution in [2.45, 2.75) is 58.4 Å². The molecule has 1 N–H and O–H groups in total. The van der Waals surface area contributed by atoms with Gasteiger partial charge in [0.25, 0.3) is 0 Å². The fourth-order valence-electron chi connectivity index (χ4n) is 3.27. The van der Waals surface area contributed by atoms with Gasteiger partial charge in [-0.3, -0.25) is 0 Å². The first-order chi connectivity index (χ1) is 6.06. The molecular weight excluding hydrogens is 158 g/mol. The van der Waals surface area contributed by atoms with E-state index in [9.17, 15) is 0 Å². The molecular formula is C12H23N. The Morgan fingerprint density at radius 3 is 2.15 bits per heavy atom. The van der Waals surface area contributed by atoms with Gasteiger partial charge in [-0.25, -0.2) is 0 Å². The molecule has 13 heavy (non-hydrogen) atoms. The highest BCUT2D eigenvalue weighted by atomic mass is 15.0. The highest BCUT2D eigenvalue weighted by molar-refractivity contribution is 5.07. The molecule has 1 heterocycles. The summed E-state index contributed by atoms with van der Waals surface area (Å²) in [6, 6.07) is 0. The van der Waals surface area contributed by atoms with Crippen molar-refractivity contribution in [2.75, 3.05) is 6.54 Å². The van der Waals surface area contributed by atoms with Gasteiger partial charge in [0, 0.05) is 5.54 Å². The summed E-state index contributed by atoms with van der Waals surface area (Å²) in [5.74, 6) is 0.968. The molecule has 0 bridgehead atoms. The van der Waals surface area contributed by atoms with Crippen LogP contribution < -0.4 is 5.32 Å². The second-order valence-electron chi connectivity index (χ2n) is 5.88. The molecule has 2 aliphatic rings. The topological polar surface area (TPSA) is 12.0 Å². The van der Waals surface area contributed by atoms with Crippen LogP contribution in [0.3, 0.4) is 0 Å². The second-order valence-corrected chi connectivity index (χ2v) is 5.88. The minimum absolute atomic E-state index is 0.439. The van der Waals surface area contributed by atoms with Crippen LogP contribution in [-0.2, 0) is 0 Å². The van der Waals surface area contributed by atoms with Crippen molar-refractivity contribution in [1.82, 2.24) is 5.32 Å². The minimum atomic E-state index is 0.439. The van der Waals surface area contributed by atoms with Crippen molar-refractivity contribution in [3.63, 3.8) is 0 Å². The third-order valence-corrected chi connectivity index (χ3v) is 4.33. The zero-order chi connectivity index (χ0) is 9.53. The molecule has 0 aromatic heterocycles. The van der Waals surface area contributed by atoms with Crippen molar-refractivity contribution < 1.29 is 0 Å². The summed E-state index contributed by atoms with van der Waals surface area (Å²) in [7, 11) is 0. The average Bonchev–Trinajstić information content (AvgIpc) is 2.30. The lowest BCUT2D eigenvalue weighted by Gasteiger charge is -2.51. The maximum atomic E-state index is 3.81. The van der Waals surface area contributed by atoms with Crippen LogP contribution in [-0.4, -0.2) is 12.1 Å². The van der Waals surface area contributed by atoms with E-state index in [4.69, 9.17) is 0 Å². The molecule has 2 fully saturated rings. The van der Waals surface area contributed by atoms with Crippen LogP contribution in [0.4, 0.5) is 0 Å². The Morgan fingerprint density at radius 1 is 1.15 bits per heavy atom. The van der Waals surface area contributed by atoms with E-state index in [0.29, 0.717) is 11.0 Å². The van der Waals surface area contributed by atoms with Gasteiger partial charge in [0.05, 0.1) is 0 Å². The predicted octanol–water partition coefficient (Wildman–Crippen LogP) is 2.95. The van der Waals surface area contributed by atoms with Gasteiger partial charge < -0.3 is 5.32 Å². The quantitative estimate of drug-likeness (QED) is 0.656. The van der Waals surface area contributed by atoms with Gasteiger partial charge in [0.2, 0.25) is 0 Å². The molecule has 0 aromatic rings. The first kappa shape index (κ1) is 9.51. The van der Waals surface area contributed by atoms with Crippen LogP contribution in [0.15, 0.2) is 0 Å². The molecule has 1 aliphatic heterocycles. The van der Waals surface area contributed by atoms with Gasteiger partial charge in [-0.2, -0.15) is 0 Å². The number of hydrogen-bond acceptors (Lipinski definition) is 1. The van der Waals surface area contributed by atoms with E-state index in [0.717, 1.165) is 5.92 Å². The van der Waals surface area contributed by atoms with Crippen LogP contribution in [0.5, 0.6) is 0 Å². The Bertz CT molecular complexity index is 180. The molecule has 1 aliphatic carbocycles. The SMILES string of the molecule is CC(C)(C)C1(C2CCC2)CCCN1. The molecule has 0 amide bonds. The summed E-state index contributed by atoms with van der Waals surface area (Å²) in [5, 5.41) is 3.81. The van der Waals surface area contributed by atoms with Gasteiger partial charge in [-0.15, -0.1) is 0 Å². The zero-order valence-corrected chi connectivity index (χ0v) is 9.32. The van der Waals surface area contributed by atoms with Crippen molar-refractivity contribution in [3.8, 4) is 0 Å². The van der Waals surface area contributed by atoms with Gasteiger partial charge in [0.15, 0.2) is 0 Å². The van der Waals surface area contributed by atoms with Crippen LogP contribution >= 0.6 is 0 Å². The standard InChI is InChI=1S/C12H23N/c1-11(2,3)12(8-5-9-13-12)10-6-4-7-10/h10,13H,4-9H2,1-3H3. The predicted molar refractivity (Wildman–Crippen MR) is 56.8 cm³/mol.